The van der Waals surface area contributed by atoms with Crippen LogP contribution in [0.1, 0.15) is 83.1 Å². The number of carbonyl (C=O) groups is 2. The third kappa shape index (κ3) is 6.58. The molecule has 1 aromatic carbocycles. The number of nitrogens with one attached hydrogen (secondary N) is 1. The zero-order chi connectivity index (χ0) is 25.3. The third-order valence-corrected chi connectivity index (χ3v) is 7.70. The van der Waals surface area contributed by atoms with E-state index in [2.05, 4.69) is 17.2 Å². The van der Waals surface area contributed by atoms with Gasteiger partial charge in [-0.1, -0.05) is 45.1 Å². The number of aliphatic imine (C=N–C) groups is 1. The van der Waals surface area contributed by atoms with Gasteiger partial charge in [0.05, 0.1) is 25.4 Å². The number of hydrogen-bond acceptors (Lipinski definition) is 6. The van der Waals surface area contributed by atoms with E-state index in [9.17, 15) is 14.7 Å². The first-order valence-electron chi connectivity index (χ1n) is 13.9. The minimum absolute atomic E-state index is 0.0265. The van der Waals surface area contributed by atoms with Gasteiger partial charge < -0.3 is 19.6 Å². The molecule has 1 aromatic rings. The van der Waals surface area contributed by atoms with Gasteiger partial charge in [-0.2, -0.15) is 0 Å². The highest BCUT2D eigenvalue weighted by Crippen LogP contribution is 2.35. The van der Waals surface area contributed by atoms with Gasteiger partial charge in [0.1, 0.15) is 12.3 Å². The fourth-order valence-corrected chi connectivity index (χ4v) is 5.90. The number of carbonyl (C=O) groups excluding carboxylic acids is 2. The van der Waals surface area contributed by atoms with Crippen LogP contribution in [0.3, 0.4) is 0 Å². The summed E-state index contributed by atoms with van der Waals surface area (Å²) >= 11 is 0. The summed E-state index contributed by atoms with van der Waals surface area (Å²) in [7, 11) is 0. The summed E-state index contributed by atoms with van der Waals surface area (Å²) in [6.07, 6.45) is 11.4. The summed E-state index contributed by atoms with van der Waals surface area (Å²) < 4.78 is 6.09. The predicted octanol–water partition coefficient (Wildman–Crippen LogP) is 4.13. The van der Waals surface area contributed by atoms with E-state index in [-0.39, 0.29) is 24.5 Å². The molecule has 1 aliphatic carbocycles. The molecule has 1 saturated carbocycles. The van der Waals surface area contributed by atoms with Crippen LogP contribution in [-0.4, -0.2) is 65.0 Å². The number of benzene rings is 1. The summed E-state index contributed by atoms with van der Waals surface area (Å²) in [6, 6.07) is 6.14. The molecule has 1 saturated heterocycles. The Bertz CT molecular complexity index is 928. The predicted molar refractivity (Wildman–Crippen MR) is 140 cm³/mol. The summed E-state index contributed by atoms with van der Waals surface area (Å²) in [4.78, 5) is 33.2. The maximum Gasteiger partial charge on any atom is 0.246 e. The van der Waals surface area contributed by atoms with E-state index in [1.54, 1.807) is 0 Å². The summed E-state index contributed by atoms with van der Waals surface area (Å²) in [5.74, 6) is 2.23. The number of nitrogens with zero attached hydrogens (tertiary/aromatic N) is 3. The number of ether oxygens (including phenoxy) is 1. The van der Waals surface area contributed by atoms with Gasteiger partial charge in [-0.05, 0) is 50.2 Å². The lowest BCUT2D eigenvalue weighted by atomic mass is 9.92. The van der Waals surface area contributed by atoms with Crippen LogP contribution in [0.4, 0.5) is 5.69 Å². The molecule has 0 radical (unpaired) electrons. The summed E-state index contributed by atoms with van der Waals surface area (Å²) in [5, 5.41) is 12.4. The molecular weight excluding hydrogens is 456 g/mol. The van der Waals surface area contributed by atoms with Gasteiger partial charge in [-0.25, -0.2) is 4.99 Å². The number of aliphatic hydroxyl groups is 1. The molecule has 0 bridgehead atoms. The molecule has 2 N–H and O–H groups in total. The molecule has 4 rings (SSSR count). The van der Waals surface area contributed by atoms with Crippen LogP contribution in [0.25, 0.3) is 0 Å². The molecule has 2 aliphatic heterocycles. The van der Waals surface area contributed by atoms with Crippen molar-refractivity contribution in [3.63, 3.8) is 0 Å². The smallest absolute Gasteiger partial charge is 0.246 e. The maximum absolute atomic E-state index is 13.1. The van der Waals surface area contributed by atoms with Gasteiger partial charge >= 0.3 is 0 Å². The second-order valence-corrected chi connectivity index (χ2v) is 10.3. The molecule has 8 heteroatoms. The Morgan fingerprint density at radius 2 is 2.03 bits per heavy atom. The molecule has 8 nitrogen and oxygen atoms in total. The number of amides is 2. The molecule has 2 fully saturated rings. The van der Waals surface area contributed by atoms with Crippen molar-refractivity contribution >= 4 is 23.5 Å². The standard InChI is InChI=1S/C28H42N4O4/c1-2-10-24(21-11-6-7-12-21)32(16-17-33)27(35)15-5-3-4-8-18-36-25-14-9-13-23-22(25)19-31-20-26(34)30-28(31)29-23/h9,13-14,21,24,33H,2-8,10-12,15-20H2,1H3,(H,29,30,34). The molecule has 0 aromatic heterocycles. The summed E-state index contributed by atoms with van der Waals surface area (Å²) in [5.41, 5.74) is 1.88. The van der Waals surface area contributed by atoms with Gasteiger partial charge in [-0.15, -0.1) is 0 Å². The first-order chi connectivity index (χ1) is 17.6. The van der Waals surface area contributed by atoms with E-state index in [1.165, 1.54) is 25.7 Å². The molecule has 0 spiro atoms. The van der Waals surface area contributed by atoms with Crippen molar-refractivity contribution in [2.75, 3.05) is 26.3 Å². The second-order valence-electron chi connectivity index (χ2n) is 10.3. The van der Waals surface area contributed by atoms with Gasteiger partial charge in [0.15, 0.2) is 0 Å². The van der Waals surface area contributed by atoms with Gasteiger partial charge in [-0.3, -0.25) is 14.9 Å². The molecule has 3 aliphatic rings. The van der Waals surface area contributed by atoms with Crippen LogP contribution in [-0.2, 0) is 16.1 Å². The topological polar surface area (TPSA) is 94.5 Å². The van der Waals surface area contributed by atoms with Crippen molar-refractivity contribution in [2.45, 2.75) is 90.1 Å². The zero-order valence-corrected chi connectivity index (χ0v) is 21.7. The highest BCUT2D eigenvalue weighted by molar-refractivity contribution is 6.05. The first kappa shape index (κ1) is 26.5. The van der Waals surface area contributed by atoms with Crippen LogP contribution in [0.2, 0.25) is 0 Å². The Balaban J connectivity index is 1.18. The molecule has 1 atom stereocenters. The van der Waals surface area contributed by atoms with E-state index < -0.39 is 0 Å². The van der Waals surface area contributed by atoms with E-state index in [0.717, 1.165) is 55.5 Å². The lowest BCUT2D eigenvalue weighted by Crippen LogP contribution is -2.45. The van der Waals surface area contributed by atoms with Crippen molar-refractivity contribution < 1.29 is 19.4 Å². The highest BCUT2D eigenvalue weighted by atomic mass is 16.5. The monoisotopic (exact) mass is 498 g/mol. The van der Waals surface area contributed by atoms with E-state index in [4.69, 9.17) is 4.74 Å². The van der Waals surface area contributed by atoms with Crippen molar-refractivity contribution in [1.29, 1.82) is 0 Å². The first-order valence-corrected chi connectivity index (χ1v) is 13.9. The van der Waals surface area contributed by atoms with Crippen LogP contribution in [0.15, 0.2) is 23.2 Å². The summed E-state index contributed by atoms with van der Waals surface area (Å²) in [6.45, 7) is 4.26. The van der Waals surface area contributed by atoms with Crippen LogP contribution >= 0.6 is 0 Å². The average molecular weight is 499 g/mol. The van der Waals surface area contributed by atoms with Crippen LogP contribution in [0, 0.1) is 5.92 Å². The van der Waals surface area contributed by atoms with Gasteiger partial charge in [0.25, 0.3) is 0 Å². The SMILES string of the molecule is CCCC(C1CCCC1)N(CCO)C(=O)CCCCCCOc1cccc2c1CN1CC(=O)NC1=N2. The van der Waals surface area contributed by atoms with Crippen molar-refractivity contribution in [3.8, 4) is 5.75 Å². The minimum atomic E-state index is -0.0265. The fourth-order valence-electron chi connectivity index (χ4n) is 5.90. The second kappa shape index (κ2) is 13.1. The van der Waals surface area contributed by atoms with Crippen LogP contribution < -0.4 is 10.1 Å². The Hall–Kier alpha value is -2.61. The fraction of sp³-hybridized carbons (Fsp3) is 0.679. The number of unbranched alkanes of at least 4 members (excludes halogenated alkanes) is 3. The molecular formula is C28H42N4O4. The quantitative estimate of drug-likeness (QED) is 0.376. The molecule has 198 valence electrons. The minimum Gasteiger partial charge on any atom is -0.493 e. The Labute approximate surface area is 215 Å². The molecule has 1 unspecified atom stereocenters. The highest BCUT2D eigenvalue weighted by Gasteiger charge is 2.32. The van der Waals surface area contributed by atoms with E-state index >= 15 is 0 Å². The van der Waals surface area contributed by atoms with Crippen molar-refractivity contribution in [3.05, 3.63) is 23.8 Å². The van der Waals surface area contributed by atoms with Crippen LogP contribution in [0.5, 0.6) is 5.75 Å². The van der Waals surface area contributed by atoms with Gasteiger partial charge in [0, 0.05) is 24.6 Å². The zero-order valence-electron chi connectivity index (χ0n) is 21.7. The largest absolute Gasteiger partial charge is 0.493 e. The Morgan fingerprint density at radius 1 is 1.22 bits per heavy atom. The number of guanidine groups is 1. The Kier molecular flexibility index (Phi) is 9.61. The lowest BCUT2D eigenvalue weighted by molar-refractivity contribution is -0.135. The van der Waals surface area contributed by atoms with E-state index in [0.29, 0.717) is 44.5 Å². The third-order valence-electron chi connectivity index (χ3n) is 7.70. The number of hydrogen-bond donors (Lipinski definition) is 2. The number of aliphatic hydroxyl groups excluding tert-OH is 1. The van der Waals surface area contributed by atoms with Crippen molar-refractivity contribution in [2.24, 2.45) is 10.9 Å². The average Bonchev–Trinajstić information content (AvgIpc) is 3.53. The lowest BCUT2D eigenvalue weighted by Gasteiger charge is -2.35. The molecule has 2 amide bonds. The van der Waals surface area contributed by atoms with Gasteiger partial charge in [0.2, 0.25) is 17.8 Å². The maximum atomic E-state index is 13.1. The number of rotatable bonds is 14. The molecule has 36 heavy (non-hydrogen) atoms. The number of fused-ring (bicyclic) bond motifs is 2. The normalized spacial score (nSPS) is 17.9. The Morgan fingerprint density at radius 3 is 2.81 bits per heavy atom. The van der Waals surface area contributed by atoms with E-state index in [1.807, 2.05) is 28.0 Å². The molecule has 2 heterocycles. The van der Waals surface area contributed by atoms with Crippen molar-refractivity contribution in [1.82, 2.24) is 15.1 Å².